The molecule has 0 aliphatic carbocycles. The summed E-state index contributed by atoms with van der Waals surface area (Å²) in [4.78, 5) is 24.4. The Morgan fingerprint density at radius 3 is 2.77 bits per heavy atom. The average molecular weight is 458 g/mol. The second kappa shape index (κ2) is 9.03. The lowest BCUT2D eigenvalue weighted by Crippen LogP contribution is -2.20. The number of benzene rings is 1. The minimum Gasteiger partial charge on any atom is -0.483 e. The average Bonchev–Trinajstić information content (AvgIpc) is 2.89. The highest BCUT2D eigenvalue weighted by atomic mass is 79.9. The van der Waals surface area contributed by atoms with Crippen molar-refractivity contribution >= 4 is 55.7 Å². The molecular weight excluding hydrogens is 444 g/mol. The van der Waals surface area contributed by atoms with Gasteiger partial charge in [-0.15, -0.1) is 11.3 Å². The van der Waals surface area contributed by atoms with Gasteiger partial charge in [0.2, 0.25) is 0 Å². The van der Waals surface area contributed by atoms with Gasteiger partial charge in [0.1, 0.15) is 21.7 Å². The molecule has 0 spiro atoms. The number of nitrogens with one attached hydrogen (secondary N) is 1. The number of amides is 1. The van der Waals surface area contributed by atoms with Crippen molar-refractivity contribution in [3.63, 3.8) is 0 Å². The van der Waals surface area contributed by atoms with Gasteiger partial charge in [-0.05, 0) is 53.5 Å². The van der Waals surface area contributed by atoms with Crippen molar-refractivity contribution < 1.29 is 19.1 Å². The SMILES string of the molecule is CCOC(=O)c1sc(NC(=O)COc2ccc(Cl)cc2Br)c(C#N)c1C. The van der Waals surface area contributed by atoms with Gasteiger partial charge in [0.05, 0.1) is 16.6 Å². The zero-order valence-electron chi connectivity index (χ0n) is 13.9. The number of carbonyl (C=O) groups excluding carboxylic acids is 2. The molecule has 1 aromatic heterocycles. The molecule has 0 aliphatic heterocycles. The summed E-state index contributed by atoms with van der Waals surface area (Å²) < 4.78 is 11.0. The first kappa shape index (κ1) is 20.2. The fourth-order valence-electron chi connectivity index (χ4n) is 2.03. The monoisotopic (exact) mass is 456 g/mol. The van der Waals surface area contributed by atoms with E-state index in [1.807, 2.05) is 6.07 Å². The topological polar surface area (TPSA) is 88.4 Å². The van der Waals surface area contributed by atoms with Crippen molar-refractivity contribution in [3.8, 4) is 11.8 Å². The third-order valence-corrected chi connectivity index (χ3v) is 5.27. The Kier molecular flexibility index (Phi) is 7.03. The van der Waals surface area contributed by atoms with Gasteiger partial charge in [-0.1, -0.05) is 11.6 Å². The van der Waals surface area contributed by atoms with Gasteiger partial charge in [0.15, 0.2) is 6.61 Å². The van der Waals surface area contributed by atoms with Crippen LogP contribution in [0.15, 0.2) is 22.7 Å². The Balaban J connectivity index is 2.10. The number of nitriles is 1. The van der Waals surface area contributed by atoms with Crippen molar-refractivity contribution in [2.24, 2.45) is 0 Å². The molecule has 0 bridgehead atoms. The lowest BCUT2D eigenvalue weighted by atomic mass is 10.2. The van der Waals surface area contributed by atoms with E-state index < -0.39 is 11.9 Å². The summed E-state index contributed by atoms with van der Waals surface area (Å²) in [5.74, 6) is -0.520. The maximum Gasteiger partial charge on any atom is 0.348 e. The van der Waals surface area contributed by atoms with Crippen LogP contribution in [0.4, 0.5) is 5.00 Å². The summed E-state index contributed by atoms with van der Waals surface area (Å²) in [5.41, 5.74) is 0.715. The first-order chi connectivity index (χ1) is 12.4. The van der Waals surface area contributed by atoms with Crippen LogP contribution in [-0.4, -0.2) is 25.1 Å². The molecule has 26 heavy (non-hydrogen) atoms. The zero-order valence-corrected chi connectivity index (χ0v) is 17.0. The molecule has 0 fully saturated rings. The highest BCUT2D eigenvalue weighted by molar-refractivity contribution is 9.10. The van der Waals surface area contributed by atoms with Gasteiger partial charge in [0, 0.05) is 5.02 Å². The third kappa shape index (κ3) is 4.75. The van der Waals surface area contributed by atoms with E-state index in [1.54, 1.807) is 32.0 Å². The Morgan fingerprint density at radius 2 is 2.15 bits per heavy atom. The molecule has 2 aromatic rings. The van der Waals surface area contributed by atoms with Crippen LogP contribution < -0.4 is 10.1 Å². The lowest BCUT2D eigenvalue weighted by molar-refractivity contribution is -0.118. The van der Waals surface area contributed by atoms with Crippen LogP contribution in [0.25, 0.3) is 0 Å². The number of ether oxygens (including phenoxy) is 2. The molecule has 0 saturated carbocycles. The summed E-state index contributed by atoms with van der Waals surface area (Å²) >= 11 is 10.2. The van der Waals surface area contributed by atoms with Crippen molar-refractivity contribution in [2.45, 2.75) is 13.8 Å². The Labute approximate surface area is 167 Å². The van der Waals surface area contributed by atoms with E-state index in [0.29, 0.717) is 25.7 Å². The number of nitrogens with zero attached hydrogens (tertiary/aromatic N) is 1. The van der Waals surface area contributed by atoms with Gasteiger partial charge in [-0.2, -0.15) is 5.26 Å². The molecule has 0 saturated heterocycles. The molecule has 1 heterocycles. The molecule has 0 aliphatic rings. The van der Waals surface area contributed by atoms with Gasteiger partial charge in [-0.3, -0.25) is 4.79 Å². The molecule has 9 heteroatoms. The third-order valence-electron chi connectivity index (χ3n) is 3.23. The number of anilines is 1. The highest BCUT2D eigenvalue weighted by Gasteiger charge is 2.22. The number of hydrogen-bond donors (Lipinski definition) is 1. The molecule has 0 unspecified atom stereocenters. The summed E-state index contributed by atoms with van der Waals surface area (Å²) in [6.07, 6.45) is 0. The predicted octanol–water partition coefficient (Wildman–Crippen LogP) is 4.54. The molecule has 1 amide bonds. The van der Waals surface area contributed by atoms with E-state index in [9.17, 15) is 14.9 Å². The normalized spacial score (nSPS) is 10.1. The van der Waals surface area contributed by atoms with Gasteiger partial charge >= 0.3 is 5.97 Å². The zero-order chi connectivity index (χ0) is 19.3. The van der Waals surface area contributed by atoms with Crippen LogP contribution in [0.1, 0.15) is 27.7 Å². The van der Waals surface area contributed by atoms with Crippen molar-refractivity contribution in [2.75, 3.05) is 18.5 Å². The van der Waals surface area contributed by atoms with Crippen molar-refractivity contribution in [1.29, 1.82) is 5.26 Å². The molecule has 136 valence electrons. The number of esters is 1. The van der Waals surface area contributed by atoms with E-state index in [2.05, 4.69) is 21.2 Å². The van der Waals surface area contributed by atoms with Gasteiger partial charge < -0.3 is 14.8 Å². The maximum atomic E-state index is 12.2. The standard InChI is InChI=1S/C17H14BrClN2O4S/c1-3-24-17(23)15-9(2)11(7-20)16(26-15)21-14(22)8-25-13-5-4-10(19)6-12(13)18/h4-6H,3,8H2,1-2H3,(H,21,22). The summed E-state index contributed by atoms with van der Waals surface area (Å²) in [7, 11) is 0. The number of halogens is 2. The van der Waals surface area contributed by atoms with Gasteiger partial charge in [-0.25, -0.2) is 4.79 Å². The van der Waals surface area contributed by atoms with Crippen LogP contribution in [0.3, 0.4) is 0 Å². The fourth-order valence-corrected chi connectivity index (χ4v) is 3.89. The second-order valence-electron chi connectivity index (χ2n) is 5.00. The van der Waals surface area contributed by atoms with E-state index in [4.69, 9.17) is 21.1 Å². The first-order valence-corrected chi connectivity index (χ1v) is 9.44. The highest BCUT2D eigenvalue weighted by Crippen LogP contribution is 2.33. The summed E-state index contributed by atoms with van der Waals surface area (Å²) in [6, 6.07) is 6.92. The molecular formula is C17H14BrClN2O4S. The number of carbonyl (C=O) groups is 2. The van der Waals surface area contributed by atoms with E-state index in [1.165, 1.54) is 0 Å². The Morgan fingerprint density at radius 1 is 1.42 bits per heavy atom. The number of thiophene rings is 1. The maximum absolute atomic E-state index is 12.2. The number of hydrogen-bond acceptors (Lipinski definition) is 6. The molecule has 1 N–H and O–H groups in total. The second-order valence-corrected chi connectivity index (χ2v) is 7.32. The Hall–Kier alpha value is -2.08. The minimum atomic E-state index is -0.520. The van der Waals surface area contributed by atoms with E-state index >= 15 is 0 Å². The summed E-state index contributed by atoms with van der Waals surface area (Å²) in [5, 5.41) is 12.7. The largest absolute Gasteiger partial charge is 0.483 e. The number of rotatable bonds is 6. The molecule has 0 radical (unpaired) electrons. The van der Waals surface area contributed by atoms with Crippen LogP contribution in [-0.2, 0) is 9.53 Å². The van der Waals surface area contributed by atoms with Crippen LogP contribution in [0.5, 0.6) is 5.75 Å². The van der Waals surface area contributed by atoms with Crippen LogP contribution in [0.2, 0.25) is 5.02 Å². The molecule has 1 aromatic carbocycles. The van der Waals surface area contributed by atoms with Crippen molar-refractivity contribution in [1.82, 2.24) is 0 Å². The van der Waals surface area contributed by atoms with E-state index in [-0.39, 0.29) is 23.8 Å². The molecule has 0 atom stereocenters. The van der Waals surface area contributed by atoms with Crippen molar-refractivity contribution in [3.05, 3.63) is 43.7 Å². The van der Waals surface area contributed by atoms with Crippen LogP contribution in [0, 0.1) is 18.3 Å². The molecule has 6 nitrogen and oxygen atoms in total. The van der Waals surface area contributed by atoms with Gasteiger partial charge in [0.25, 0.3) is 5.91 Å². The smallest absolute Gasteiger partial charge is 0.348 e. The summed E-state index contributed by atoms with van der Waals surface area (Å²) in [6.45, 7) is 3.29. The van der Waals surface area contributed by atoms with E-state index in [0.717, 1.165) is 11.3 Å². The minimum absolute atomic E-state index is 0.226. The van der Waals surface area contributed by atoms with Crippen LogP contribution >= 0.6 is 38.9 Å². The fraction of sp³-hybridized carbons (Fsp3) is 0.235. The Bertz CT molecular complexity index is 892. The quantitative estimate of drug-likeness (QED) is 0.643. The first-order valence-electron chi connectivity index (χ1n) is 7.45. The predicted molar refractivity (Wildman–Crippen MR) is 103 cm³/mol. The lowest BCUT2D eigenvalue weighted by Gasteiger charge is -2.08. The molecule has 2 rings (SSSR count).